The van der Waals surface area contributed by atoms with E-state index in [0.29, 0.717) is 10.0 Å². The molecule has 17 rings (SSSR count). The van der Waals surface area contributed by atoms with E-state index >= 15 is 0 Å². The Morgan fingerprint density at radius 1 is 0.295 bits per heavy atom. The van der Waals surface area contributed by atoms with E-state index in [0.717, 1.165) is 76.0 Å². The number of nitrogens with zero attached hydrogens (tertiary/aromatic N) is 2. The van der Waals surface area contributed by atoms with E-state index in [2.05, 4.69) is 441 Å². The highest BCUT2D eigenvalue weighted by atomic mass is 79.9. The molecule has 1 N–H and O–H groups in total. The zero-order valence-electron chi connectivity index (χ0n) is 57.2. The molecule has 16 aromatic rings. The van der Waals surface area contributed by atoms with E-state index in [9.17, 15) is 0 Å². The topological polar surface area (TPSA) is 18.5 Å². The Kier molecular flexibility index (Phi) is 21.3. The molecule has 0 bridgehead atoms. The SMILES string of the molecule is Clc1c(Br)cc([Si](C2=CC=[C+]C=C2)(c2ccccc2)c2ccccc2)cc1Br.Clc1c(N(c2ccccc2)c2cccc3ccccc23)cc([Si](c2ccccc2)(c2ccccc2)c2ccccc2)cc1N(c1ccccc1)c1cccc2ccccc12.c1ccc(Nc2cccc3ccccc23)cc1. The third kappa shape index (κ3) is 14.2. The summed E-state index contributed by atoms with van der Waals surface area (Å²) in [5.74, 6) is 0. The molecule has 0 atom stereocenters. The Labute approximate surface area is 643 Å². The molecule has 0 heterocycles. The van der Waals surface area contributed by atoms with Crippen LogP contribution in [0.15, 0.2) is 433 Å². The van der Waals surface area contributed by atoms with Gasteiger partial charge in [0.15, 0.2) is 8.07 Å². The fourth-order valence-electron chi connectivity index (χ4n) is 14.8. The Bertz CT molecular complexity index is 5440. The lowest BCUT2D eigenvalue weighted by Gasteiger charge is -2.38. The summed E-state index contributed by atoms with van der Waals surface area (Å²) in [5.41, 5.74) is 8.18. The van der Waals surface area contributed by atoms with E-state index in [1.165, 1.54) is 52.3 Å². The molecular formula is C96H70Br2Cl2N3Si2+. The monoisotopic (exact) mass is 1550 g/mol. The minimum atomic E-state index is -3.10. The summed E-state index contributed by atoms with van der Waals surface area (Å²) in [6.07, 6.45) is 11.6. The Morgan fingerprint density at radius 2 is 0.629 bits per heavy atom. The highest BCUT2D eigenvalue weighted by Crippen LogP contribution is 2.49. The fraction of sp³-hybridized carbons (Fsp3) is 0. The molecule has 1 aliphatic carbocycles. The smallest absolute Gasteiger partial charge is 0.212 e. The van der Waals surface area contributed by atoms with Crippen LogP contribution >= 0.6 is 55.1 Å². The van der Waals surface area contributed by atoms with Crippen molar-refractivity contribution < 1.29 is 0 Å². The van der Waals surface area contributed by atoms with Gasteiger partial charge in [0.2, 0.25) is 8.07 Å². The first-order valence-corrected chi connectivity index (χ1v) is 41.3. The highest BCUT2D eigenvalue weighted by molar-refractivity contribution is 9.11. The predicted octanol–water partition coefficient (Wildman–Crippen LogP) is 23.3. The number of allylic oxidation sites excluding steroid dienone is 6. The lowest BCUT2D eigenvalue weighted by atomic mass is 10.0. The van der Waals surface area contributed by atoms with Crippen LogP contribution in [0.3, 0.4) is 0 Å². The number of halogens is 4. The van der Waals surface area contributed by atoms with E-state index in [4.69, 9.17) is 23.2 Å². The van der Waals surface area contributed by atoms with Crippen LogP contribution in [-0.2, 0) is 0 Å². The maximum atomic E-state index is 8.19. The number of hydrogen-bond donors (Lipinski definition) is 1. The molecule has 0 spiro atoms. The first kappa shape index (κ1) is 69.5. The number of rotatable bonds is 16. The van der Waals surface area contributed by atoms with Gasteiger partial charge in [0, 0.05) is 66.1 Å². The molecule has 9 heteroatoms. The van der Waals surface area contributed by atoms with Gasteiger partial charge in [0.05, 0.1) is 38.0 Å². The van der Waals surface area contributed by atoms with Crippen LogP contribution in [0.2, 0.25) is 10.0 Å². The molecule has 0 amide bonds. The molecule has 0 aromatic heterocycles. The number of nitrogens with one attached hydrogen (secondary N) is 1. The number of benzene rings is 16. The highest BCUT2D eigenvalue weighted by Gasteiger charge is 2.47. The van der Waals surface area contributed by atoms with Gasteiger partial charge in [-0.1, -0.05) is 339 Å². The molecule has 0 saturated heterocycles. The van der Waals surface area contributed by atoms with Gasteiger partial charge < -0.3 is 15.1 Å². The van der Waals surface area contributed by atoms with Gasteiger partial charge in [0.25, 0.3) is 0 Å². The second kappa shape index (κ2) is 32.2. The van der Waals surface area contributed by atoms with Crippen molar-refractivity contribution in [2.75, 3.05) is 15.1 Å². The third-order valence-corrected chi connectivity index (χ3v) is 31.4. The molecule has 0 radical (unpaired) electrons. The maximum Gasteiger partial charge on any atom is 0.212 e. The summed E-state index contributed by atoms with van der Waals surface area (Å²) in [7, 11) is -5.62. The van der Waals surface area contributed by atoms with Gasteiger partial charge in [-0.2, -0.15) is 0 Å². The molecule has 0 fully saturated rings. The fourth-order valence-corrected chi connectivity index (χ4v) is 26.3. The Balaban J connectivity index is 0.000000160. The minimum Gasteiger partial charge on any atom is -0.355 e. The van der Waals surface area contributed by atoms with Gasteiger partial charge in [-0.3, -0.25) is 0 Å². The summed E-state index contributed by atoms with van der Waals surface area (Å²) >= 11 is 22.0. The van der Waals surface area contributed by atoms with Crippen molar-refractivity contribution in [1.82, 2.24) is 0 Å². The van der Waals surface area contributed by atoms with Crippen LogP contribution in [0, 0.1) is 6.08 Å². The van der Waals surface area contributed by atoms with Crippen molar-refractivity contribution in [3.05, 3.63) is 449 Å². The van der Waals surface area contributed by atoms with Crippen LogP contribution in [0.25, 0.3) is 32.3 Å². The lowest BCUT2D eigenvalue weighted by molar-refractivity contribution is 1.26. The van der Waals surface area contributed by atoms with Crippen LogP contribution in [-0.4, -0.2) is 16.1 Å². The van der Waals surface area contributed by atoms with Gasteiger partial charge in [0.1, 0.15) is 12.2 Å². The Morgan fingerprint density at radius 3 is 1.04 bits per heavy atom. The average Bonchev–Trinajstić information content (AvgIpc) is 0.396. The van der Waals surface area contributed by atoms with Crippen molar-refractivity contribution in [3.63, 3.8) is 0 Å². The van der Waals surface area contributed by atoms with Gasteiger partial charge >= 0.3 is 0 Å². The van der Waals surface area contributed by atoms with Crippen molar-refractivity contribution >= 4 is 185 Å². The van der Waals surface area contributed by atoms with Crippen LogP contribution < -0.4 is 51.4 Å². The van der Waals surface area contributed by atoms with Crippen LogP contribution in [0.1, 0.15) is 0 Å². The van der Waals surface area contributed by atoms with E-state index in [1.807, 2.05) is 30.4 Å². The van der Waals surface area contributed by atoms with E-state index < -0.39 is 16.1 Å². The van der Waals surface area contributed by atoms with E-state index in [1.54, 1.807) is 0 Å². The summed E-state index contributed by atoms with van der Waals surface area (Å²) in [5, 5.41) is 22.2. The van der Waals surface area contributed by atoms with Crippen molar-refractivity contribution in [3.8, 4) is 0 Å². The summed E-state index contributed by atoms with van der Waals surface area (Å²) in [6, 6.07) is 141. The van der Waals surface area contributed by atoms with Crippen molar-refractivity contribution in [2.45, 2.75) is 0 Å². The molecule has 1 aliphatic rings. The van der Waals surface area contributed by atoms with Gasteiger partial charge in [-0.25, -0.2) is 0 Å². The molecule has 0 saturated carbocycles. The quantitative estimate of drug-likeness (QED) is 0.0450. The summed E-state index contributed by atoms with van der Waals surface area (Å²) in [4.78, 5) is 4.73. The maximum absolute atomic E-state index is 8.19. The van der Waals surface area contributed by atoms with Crippen molar-refractivity contribution in [2.24, 2.45) is 0 Å². The molecule has 0 unspecified atom stereocenters. The lowest BCUT2D eigenvalue weighted by Crippen LogP contribution is -2.74. The second-order valence-corrected chi connectivity index (χ2v) is 35.6. The molecule has 105 heavy (non-hydrogen) atoms. The van der Waals surface area contributed by atoms with Crippen LogP contribution in [0.5, 0.6) is 0 Å². The Hall–Kier alpha value is -11.2. The largest absolute Gasteiger partial charge is 0.355 e. The van der Waals surface area contributed by atoms with Gasteiger partial charge in [-0.05, 0) is 163 Å². The summed E-state index contributed by atoms with van der Waals surface area (Å²) in [6.45, 7) is 0. The molecule has 504 valence electrons. The van der Waals surface area contributed by atoms with Gasteiger partial charge in [-0.15, -0.1) is 0 Å². The molecular weight excluding hydrogens is 1480 g/mol. The number of hydrogen-bond acceptors (Lipinski definition) is 3. The molecule has 0 aliphatic heterocycles. The number of anilines is 8. The third-order valence-electron chi connectivity index (χ3n) is 19.4. The zero-order chi connectivity index (χ0) is 71.4. The standard InChI is InChI=1S/C56H41ClN2Si.C24H16Br2ClSi.C16H13N/c57-56-54(58(44-26-6-1-7-27-44)52-38-20-24-42-22-16-18-36-50(42)52)40-49(60(46-30-10-3-11-31-46,47-32-12-4-13-33-47)48-34-14-5-15-35-48)41-55(56)59(45-28-8-2-9-29-45)53-39-21-25-43-23-17-19-37-51(43)53;25-22-16-21(17-23(26)24(22)27)28(18-10-4-1-5-11-18,19-12-6-2-7-13-19)20-14-8-3-9-15-20;1-2-9-14(10-3-1)17-16-12-6-8-13-7-4-5-11-15(13)16/h1-41H;1-2,4-17H;1-12,17H/q;+1;. The van der Waals surface area contributed by atoms with Crippen molar-refractivity contribution in [1.29, 1.82) is 0 Å². The second-order valence-electron chi connectivity index (χ2n) is 25.6. The number of fused-ring (bicyclic) bond motifs is 3. The minimum absolute atomic E-state index is 0.643. The first-order valence-electron chi connectivity index (χ1n) is 35.0. The zero-order valence-corrected chi connectivity index (χ0v) is 63.9. The molecule has 16 aromatic carbocycles. The summed E-state index contributed by atoms with van der Waals surface area (Å²) < 4.78 is 1.79. The number of para-hydroxylation sites is 3. The molecule has 3 nitrogen and oxygen atoms in total. The first-order chi connectivity index (χ1) is 51.8. The normalized spacial score (nSPS) is 11.7. The van der Waals surface area contributed by atoms with Crippen LogP contribution in [0.4, 0.5) is 45.5 Å². The van der Waals surface area contributed by atoms with E-state index in [-0.39, 0.29) is 0 Å². The average molecular weight is 1550 g/mol. The predicted molar refractivity (Wildman–Crippen MR) is 463 cm³/mol.